The van der Waals surface area contributed by atoms with E-state index in [-0.39, 0.29) is 11.9 Å². The summed E-state index contributed by atoms with van der Waals surface area (Å²) in [5, 5.41) is 4.47. The lowest BCUT2D eigenvalue weighted by Crippen LogP contribution is -2.30. The predicted molar refractivity (Wildman–Crippen MR) is 80.5 cm³/mol. The van der Waals surface area contributed by atoms with Gasteiger partial charge in [0.25, 0.3) is 0 Å². The van der Waals surface area contributed by atoms with Crippen molar-refractivity contribution >= 4 is 15.9 Å². The van der Waals surface area contributed by atoms with Crippen LogP contribution in [0.5, 0.6) is 0 Å². The molecule has 20 heavy (non-hydrogen) atoms. The second-order valence-corrected chi connectivity index (χ2v) is 5.79. The molecule has 0 saturated heterocycles. The van der Waals surface area contributed by atoms with Crippen molar-refractivity contribution in [3.8, 4) is 0 Å². The first kappa shape index (κ1) is 15.2. The Balaban J connectivity index is 2.24. The maximum atomic E-state index is 14.0. The van der Waals surface area contributed by atoms with Gasteiger partial charge in [0.1, 0.15) is 5.82 Å². The third-order valence-corrected chi connectivity index (χ3v) is 3.85. The zero-order valence-corrected chi connectivity index (χ0v) is 13.1. The Hall–Kier alpha value is -1.24. The second kappa shape index (κ2) is 6.47. The standard InChI is InChI=1S/C14H18BrFN4/c1-9(2)20-7-6-10(19-20)8-13(18-17)14-11(15)4-3-5-12(14)16/h3-7,9,13,18H,8,17H2,1-2H3. The molecule has 0 fully saturated rings. The van der Waals surface area contributed by atoms with E-state index in [1.807, 2.05) is 16.9 Å². The largest absolute Gasteiger partial charge is 0.271 e. The zero-order chi connectivity index (χ0) is 14.7. The minimum Gasteiger partial charge on any atom is -0.271 e. The van der Waals surface area contributed by atoms with Gasteiger partial charge in [-0.2, -0.15) is 5.10 Å². The Morgan fingerprint density at radius 3 is 2.70 bits per heavy atom. The average molecular weight is 341 g/mol. The number of benzene rings is 1. The van der Waals surface area contributed by atoms with Crippen LogP contribution in [0.15, 0.2) is 34.9 Å². The van der Waals surface area contributed by atoms with Crippen LogP contribution in [0, 0.1) is 5.82 Å². The molecule has 1 aromatic heterocycles. The maximum Gasteiger partial charge on any atom is 0.129 e. The highest BCUT2D eigenvalue weighted by atomic mass is 79.9. The van der Waals surface area contributed by atoms with E-state index >= 15 is 0 Å². The Morgan fingerprint density at radius 1 is 1.40 bits per heavy atom. The van der Waals surface area contributed by atoms with Gasteiger partial charge < -0.3 is 0 Å². The fraction of sp³-hybridized carbons (Fsp3) is 0.357. The lowest BCUT2D eigenvalue weighted by Gasteiger charge is -2.17. The van der Waals surface area contributed by atoms with Crippen molar-refractivity contribution in [1.82, 2.24) is 15.2 Å². The number of hydrazine groups is 1. The number of halogens is 2. The number of nitrogens with one attached hydrogen (secondary N) is 1. The second-order valence-electron chi connectivity index (χ2n) is 4.94. The van der Waals surface area contributed by atoms with Crippen LogP contribution in [0.25, 0.3) is 0 Å². The summed E-state index contributed by atoms with van der Waals surface area (Å²) < 4.78 is 16.5. The van der Waals surface area contributed by atoms with Crippen LogP contribution in [-0.2, 0) is 6.42 Å². The zero-order valence-electron chi connectivity index (χ0n) is 11.5. The summed E-state index contributed by atoms with van der Waals surface area (Å²) in [6.45, 7) is 4.12. The third kappa shape index (κ3) is 3.26. The van der Waals surface area contributed by atoms with Crippen molar-refractivity contribution in [1.29, 1.82) is 0 Å². The average Bonchev–Trinajstić information content (AvgIpc) is 2.86. The summed E-state index contributed by atoms with van der Waals surface area (Å²) in [5.41, 5.74) is 4.06. The Kier molecular flexibility index (Phi) is 4.91. The number of rotatable bonds is 5. The Labute approximate surface area is 126 Å². The molecule has 0 spiro atoms. The highest BCUT2D eigenvalue weighted by Crippen LogP contribution is 2.28. The molecule has 2 aromatic rings. The van der Waals surface area contributed by atoms with E-state index in [0.29, 0.717) is 22.5 Å². The predicted octanol–water partition coefficient (Wildman–Crippen LogP) is 3.11. The van der Waals surface area contributed by atoms with Crippen LogP contribution in [0.2, 0.25) is 0 Å². The highest BCUT2D eigenvalue weighted by molar-refractivity contribution is 9.10. The van der Waals surface area contributed by atoms with E-state index in [2.05, 4.69) is 40.3 Å². The molecule has 1 heterocycles. The van der Waals surface area contributed by atoms with Crippen molar-refractivity contribution in [2.24, 2.45) is 5.84 Å². The molecule has 108 valence electrons. The van der Waals surface area contributed by atoms with Gasteiger partial charge in [-0.25, -0.2) is 4.39 Å². The number of aromatic nitrogens is 2. The van der Waals surface area contributed by atoms with Gasteiger partial charge in [-0.1, -0.05) is 22.0 Å². The number of hydrogen-bond acceptors (Lipinski definition) is 3. The summed E-state index contributed by atoms with van der Waals surface area (Å²) in [7, 11) is 0. The van der Waals surface area contributed by atoms with E-state index in [1.54, 1.807) is 12.1 Å². The molecule has 0 bridgehead atoms. The summed E-state index contributed by atoms with van der Waals surface area (Å²) in [5.74, 6) is 5.30. The smallest absolute Gasteiger partial charge is 0.129 e. The summed E-state index contributed by atoms with van der Waals surface area (Å²) >= 11 is 3.37. The van der Waals surface area contributed by atoms with Crippen LogP contribution < -0.4 is 11.3 Å². The van der Waals surface area contributed by atoms with Gasteiger partial charge in [0.2, 0.25) is 0 Å². The molecule has 0 aliphatic heterocycles. The van der Waals surface area contributed by atoms with Gasteiger partial charge in [-0.15, -0.1) is 0 Å². The van der Waals surface area contributed by atoms with Gasteiger partial charge in [-0.05, 0) is 32.0 Å². The molecule has 0 amide bonds. The van der Waals surface area contributed by atoms with Crippen molar-refractivity contribution in [2.75, 3.05) is 0 Å². The van der Waals surface area contributed by atoms with Gasteiger partial charge in [0.15, 0.2) is 0 Å². The van der Waals surface area contributed by atoms with Crippen LogP contribution in [0.1, 0.15) is 37.2 Å². The molecule has 0 aliphatic rings. The lowest BCUT2D eigenvalue weighted by atomic mass is 10.0. The van der Waals surface area contributed by atoms with Crippen molar-refractivity contribution in [2.45, 2.75) is 32.4 Å². The monoisotopic (exact) mass is 340 g/mol. The first-order valence-electron chi connectivity index (χ1n) is 6.47. The molecule has 3 N–H and O–H groups in total. The molecule has 1 atom stereocenters. The summed E-state index contributed by atoms with van der Waals surface area (Å²) in [6, 6.07) is 6.78. The first-order valence-corrected chi connectivity index (χ1v) is 7.26. The summed E-state index contributed by atoms with van der Waals surface area (Å²) in [4.78, 5) is 0. The molecular formula is C14H18BrFN4. The summed E-state index contributed by atoms with van der Waals surface area (Å²) in [6.07, 6.45) is 2.44. The van der Waals surface area contributed by atoms with Crippen molar-refractivity contribution < 1.29 is 4.39 Å². The van der Waals surface area contributed by atoms with Crippen LogP contribution in [0.4, 0.5) is 4.39 Å². The van der Waals surface area contributed by atoms with E-state index in [4.69, 9.17) is 5.84 Å². The van der Waals surface area contributed by atoms with Crippen molar-refractivity contribution in [3.05, 3.63) is 52.0 Å². The minimum absolute atomic E-state index is 0.286. The van der Waals surface area contributed by atoms with Crippen LogP contribution in [-0.4, -0.2) is 9.78 Å². The topological polar surface area (TPSA) is 55.9 Å². The highest BCUT2D eigenvalue weighted by Gasteiger charge is 2.19. The van der Waals surface area contributed by atoms with Gasteiger partial charge >= 0.3 is 0 Å². The molecular weight excluding hydrogens is 323 g/mol. The molecule has 1 aromatic carbocycles. The normalized spacial score (nSPS) is 12.9. The van der Waals surface area contributed by atoms with E-state index in [9.17, 15) is 4.39 Å². The molecule has 0 aliphatic carbocycles. The van der Waals surface area contributed by atoms with E-state index in [1.165, 1.54) is 6.07 Å². The molecule has 4 nitrogen and oxygen atoms in total. The molecule has 0 saturated carbocycles. The maximum absolute atomic E-state index is 14.0. The van der Waals surface area contributed by atoms with E-state index in [0.717, 1.165) is 5.69 Å². The van der Waals surface area contributed by atoms with Crippen LogP contribution in [0.3, 0.4) is 0 Å². The molecule has 0 radical (unpaired) electrons. The minimum atomic E-state index is -0.332. The molecule has 1 unspecified atom stereocenters. The first-order chi connectivity index (χ1) is 9.52. The Morgan fingerprint density at radius 2 is 2.15 bits per heavy atom. The Bertz CT molecular complexity index is 562. The number of nitrogens with two attached hydrogens (primary N) is 1. The fourth-order valence-corrected chi connectivity index (χ4v) is 2.69. The van der Waals surface area contributed by atoms with Gasteiger partial charge in [-0.3, -0.25) is 16.0 Å². The van der Waals surface area contributed by atoms with Gasteiger partial charge in [0.05, 0.1) is 11.7 Å². The third-order valence-electron chi connectivity index (χ3n) is 3.16. The molecule has 6 heteroatoms. The van der Waals surface area contributed by atoms with E-state index < -0.39 is 0 Å². The molecule has 2 rings (SSSR count). The van der Waals surface area contributed by atoms with Crippen molar-refractivity contribution in [3.63, 3.8) is 0 Å². The number of nitrogens with zero attached hydrogens (tertiary/aromatic N) is 2. The quantitative estimate of drug-likeness (QED) is 0.649. The van der Waals surface area contributed by atoms with Crippen LogP contribution >= 0.6 is 15.9 Å². The lowest BCUT2D eigenvalue weighted by molar-refractivity contribution is 0.489. The number of hydrogen-bond donors (Lipinski definition) is 2. The SMILES string of the molecule is CC(C)n1ccc(CC(NN)c2c(F)cccc2Br)n1. The van der Waals surface area contributed by atoms with Gasteiger partial charge in [0, 0.05) is 28.7 Å². The fourth-order valence-electron chi connectivity index (χ4n) is 2.07.